The minimum atomic E-state index is -4.49. The Morgan fingerprint density at radius 2 is 1.88 bits per heavy atom. The molecule has 0 spiro atoms. The average molecular weight is 360 g/mol. The highest BCUT2D eigenvalue weighted by molar-refractivity contribution is 5.85. The van der Waals surface area contributed by atoms with Crippen LogP contribution in [0.4, 0.5) is 13.2 Å². The number of hydrogen-bond acceptors (Lipinski definition) is 3. The number of nitrogens with zero attached hydrogens (tertiary/aromatic N) is 3. The Labute approximate surface area is 147 Å². The lowest BCUT2D eigenvalue weighted by atomic mass is 10.1. The monoisotopic (exact) mass is 360 g/mol. The van der Waals surface area contributed by atoms with E-state index in [1.807, 2.05) is 24.3 Å². The van der Waals surface area contributed by atoms with Gasteiger partial charge in [-0.15, -0.1) is 0 Å². The van der Waals surface area contributed by atoms with E-state index in [0.29, 0.717) is 5.82 Å². The van der Waals surface area contributed by atoms with Crippen LogP contribution in [0.25, 0.3) is 11.0 Å². The van der Waals surface area contributed by atoms with E-state index in [9.17, 15) is 18.0 Å². The number of fused-ring (bicyclic) bond motifs is 1. The van der Waals surface area contributed by atoms with Gasteiger partial charge >= 0.3 is 6.18 Å². The number of hydrogen-bond donors (Lipinski definition) is 1. The minimum Gasteiger partial charge on any atom is -0.319 e. The van der Waals surface area contributed by atoms with Gasteiger partial charge in [-0.25, -0.2) is 10.4 Å². The van der Waals surface area contributed by atoms with Gasteiger partial charge in [0, 0.05) is 5.56 Å². The summed E-state index contributed by atoms with van der Waals surface area (Å²) in [6.45, 7) is 1.74. The highest BCUT2D eigenvalue weighted by atomic mass is 19.4. The van der Waals surface area contributed by atoms with E-state index in [2.05, 4.69) is 15.5 Å². The van der Waals surface area contributed by atoms with Gasteiger partial charge in [-0.1, -0.05) is 30.3 Å². The molecule has 3 aromatic rings. The maximum Gasteiger partial charge on any atom is 0.417 e. The Kier molecular flexibility index (Phi) is 4.75. The van der Waals surface area contributed by atoms with E-state index in [1.165, 1.54) is 18.2 Å². The average Bonchev–Trinajstić information content (AvgIpc) is 2.90. The fourth-order valence-corrected chi connectivity index (χ4v) is 2.62. The van der Waals surface area contributed by atoms with Crippen molar-refractivity contribution in [2.24, 2.45) is 5.10 Å². The van der Waals surface area contributed by atoms with Gasteiger partial charge < -0.3 is 4.57 Å². The third-order valence-electron chi connectivity index (χ3n) is 3.81. The summed E-state index contributed by atoms with van der Waals surface area (Å²) in [6.07, 6.45) is -3.50. The second-order valence-corrected chi connectivity index (χ2v) is 5.61. The van der Waals surface area contributed by atoms with E-state index < -0.39 is 17.6 Å². The minimum absolute atomic E-state index is 0.0371. The highest BCUT2D eigenvalue weighted by Crippen LogP contribution is 2.31. The Morgan fingerprint density at radius 1 is 1.19 bits per heavy atom. The standard InChI is InChI=1S/C18H15F3N4O/c1-12-23-15-8-4-5-9-16(15)25(12)11-17(26)24-22-10-13-6-2-3-7-14(13)18(19,20)21/h2-10H,11H2,1H3,(H,24,26)/b22-10-. The molecule has 0 bridgehead atoms. The predicted molar refractivity (Wildman–Crippen MR) is 91.7 cm³/mol. The van der Waals surface area contributed by atoms with Crippen molar-refractivity contribution < 1.29 is 18.0 Å². The van der Waals surface area contributed by atoms with E-state index in [4.69, 9.17) is 0 Å². The molecule has 1 amide bonds. The molecule has 1 N–H and O–H groups in total. The van der Waals surface area contributed by atoms with Crippen LogP contribution < -0.4 is 5.43 Å². The number of benzene rings is 2. The second kappa shape index (κ2) is 6.99. The first-order valence-electron chi connectivity index (χ1n) is 7.76. The normalized spacial score (nSPS) is 12.0. The number of aromatic nitrogens is 2. The molecule has 134 valence electrons. The molecule has 0 saturated heterocycles. The Morgan fingerprint density at radius 3 is 2.65 bits per heavy atom. The van der Waals surface area contributed by atoms with Gasteiger partial charge in [-0.3, -0.25) is 4.79 Å². The number of alkyl halides is 3. The van der Waals surface area contributed by atoms with Crippen LogP contribution in [0.3, 0.4) is 0 Å². The number of halogens is 3. The fourth-order valence-electron chi connectivity index (χ4n) is 2.62. The van der Waals surface area contributed by atoms with Crippen molar-refractivity contribution >= 4 is 23.2 Å². The first-order valence-corrected chi connectivity index (χ1v) is 7.76. The molecule has 26 heavy (non-hydrogen) atoms. The fraction of sp³-hybridized carbons (Fsp3) is 0.167. The second-order valence-electron chi connectivity index (χ2n) is 5.61. The smallest absolute Gasteiger partial charge is 0.319 e. The van der Waals surface area contributed by atoms with Gasteiger partial charge in [0.15, 0.2) is 0 Å². The molecule has 1 aromatic heterocycles. The zero-order valence-corrected chi connectivity index (χ0v) is 13.8. The lowest BCUT2D eigenvalue weighted by Gasteiger charge is -2.09. The van der Waals surface area contributed by atoms with Crippen LogP contribution in [0.1, 0.15) is 17.0 Å². The van der Waals surface area contributed by atoms with Crippen molar-refractivity contribution in [2.75, 3.05) is 0 Å². The topological polar surface area (TPSA) is 59.3 Å². The molecule has 1 heterocycles. The number of rotatable bonds is 4. The summed E-state index contributed by atoms with van der Waals surface area (Å²) < 4.78 is 40.5. The molecule has 3 rings (SSSR count). The van der Waals surface area contributed by atoms with Crippen LogP contribution >= 0.6 is 0 Å². The van der Waals surface area contributed by atoms with Crippen molar-refractivity contribution in [3.63, 3.8) is 0 Å². The van der Waals surface area contributed by atoms with Crippen LogP contribution in [0, 0.1) is 6.92 Å². The summed E-state index contributed by atoms with van der Waals surface area (Å²) in [4.78, 5) is 16.4. The number of hydrazone groups is 1. The number of amides is 1. The first-order chi connectivity index (χ1) is 12.4. The van der Waals surface area contributed by atoms with Gasteiger partial charge in [0.2, 0.25) is 0 Å². The molecule has 0 aliphatic carbocycles. The molecule has 5 nitrogen and oxygen atoms in total. The predicted octanol–water partition coefficient (Wildman–Crippen LogP) is 3.51. The Hall–Kier alpha value is -3.16. The molecule has 8 heteroatoms. The summed E-state index contributed by atoms with van der Waals surface area (Å²) in [7, 11) is 0. The van der Waals surface area contributed by atoms with E-state index in [-0.39, 0.29) is 12.1 Å². The Bertz CT molecular complexity index is 976. The zero-order chi connectivity index (χ0) is 18.7. The molecule has 0 saturated carbocycles. The SMILES string of the molecule is Cc1nc2ccccc2n1CC(=O)N/N=C\c1ccccc1C(F)(F)F. The molecule has 0 unspecified atom stereocenters. The first kappa shape index (κ1) is 17.7. The third kappa shape index (κ3) is 3.74. The van der Waals surface area contributed by atoms with Crippen LogP contribution in [0.15, 0.2) is 53.6 Å². The number of aryl methyl sites for hydroxylation is 1. The summed E-state index contributed by atoms with van der Waals surface area (Å²) in [6, 6.07) is 12.4. The zero-order valence-electron chi connectivity index (χ0n) is 13.8. The largest absolute Gasteiger partial charge is 0.417 e. The summed E-state index contributed by atoms with van der Waals surface area (Å²) >= 11 is 0. The van der Waals surface area contributed by atoms with Crippen molar-refractivity contribution in [3.05, 3.63) is 65.5 Å². The van der Waals surface area contributed by atoms with Crippen molar-refractivity contribution in [1.29, 1.82) is 0 Å². The molecular weight excluding hydrogens is 345 g/mol. The maximum absolute atomic E-state index is 12.9. The summed E-state index contributed by atoms with van der Waals surface area (Å²) in [5.41, 5.74) is 2.89. The third-order valence-corrected chi connectivity index (χ3v) is 3.81. The number of carbonyl (C=O) groups excluding carboxylic acids is 1. The molecule has 0 aliphatic rings. The molecule has 0 fully saturated rings. The van der Waals surface area contributed by atoms with Gasteiger partial charge in [0.25, 0.3) is 5.91 Å². The van der Waals surface area contributed by atoms with Crippen LogP contribution in [-0.4, -0.2) is 21.7 Å². The van der Waals surface area contributed by atoms with Crippen molar-refractivity contribution in [3.8, 4) is 0 Å². The lowest BCUT2D eigenvalue weighted by molar-refractivity contribution is -0.137. The maximum atomic E-state index is 12.9. The summed E-state index contributed by atoms with van der Waals surface area (Å²) in [5.74, 6) is 0.199. The lowest BCUT2D eigenvalue weighted by Crippen LogP contribution is -2.23. The molecular formula is C18H15F3N4O. The van der Waals surface area contributed by atoms with Crippen LogP contribution in [-0.2, 0) is 17.5 Å². The van der Waals surface area contributed by atoms with Gasteiger partial charge in [-0.05, 0) is 25.1 Å². The molecule has 0 atom stereocenters. The molecule has 2 aromatic carbocycles. The van der Waals surface area contributed by atoms with E-state index in [1.54, 1.807) is 11.5 Å². The summed E-state index contributed by atoms with van der Waals surface area (Å²) in [5, 5.41) is 3.65. The van der Waals surface area contributed by atoms with Gasteiger partial charge in [-0.2, -0.15) is 18.3 Å². The highest BCUT2D eigenvalue weighted by Gasteiger charge is 2.32. The molecule has 0 radical (unpaired) electrons. The quantitative estimate of drug-likeness (QED) is 0.572. The number of carbonyl (C=O) groups is 1. The van der Waals surface area contributed by atoms with Gasteiger partial charge in [0.05, 0.1) is 22.8 Å². The van der Waals surface area contributed by atoms with Crippen LogP contribution in [0.2, 0.25) is 0 Å². The molecule has 0 aliphatic heterocycles. The Balaban J connectivity index is 1.72. The number of imidazole rings is 1. The van der Waals surface area contributed by atoms with Crippen LogP contribution in [0.5, 0.6) is 0 Å². The van der Waals surface area contributed by atoms with Crippen molar-refractivity contribution in [1.82, 2.24) is 15.0 Å². The number of nitrogens with one attached hydrogen (secondary N) is 1. The van der Waals surface area contributed by atoms with E-state index in [0.717, 1.165) is 23.3 Å². The van der Waals surface area contributed by atoms with Gasteiger partial charge in [0.1, 0.15) is 12.4 Å². The van der Waals surface area contributed by atoms with E-state index >= 15 is 0 Å². The number of para-hydroxylation sites is 2. The van der Waals surface area contributed by atoms with Crippen molar-refractivity contribution in [2.45, 2.75) is 19.6 Å².